The van der Waals surface area contributed by atoms with E-state index in [-0.39, 0.29) is 11.8 Å². The Morgan fingerprint density at radius 2 is 2.47 bits per heavy atom. The van der Waals surface area contributed by atoms with Crippen LogP contribution in [0.2, 0.25) is 5.02 Å². The molecule has 1 aliphatic rings. The average Bonchev–Trinajstić information content (AvgIpc) is 2.87. The van der Waals surface area contributed by atoms with Crippen molar-refractivity contribution < 1.29 is 9.90 Å². The second-order valence-corrected chi connectivity index (χ2v) is 5.15. The molecule has 0 bridgehead atoms. The second kappa shape index (κ2) is 5.73. The van der Waals surface area contributed by atoms with Gasteiger partial charge in [-0.2, -0.15) is 0 Å². The lowest BCUT2D eigenvalue weighted by molar-refractivity contribution is 0.0762. The molecule has 4 N–H and O–H groups in total. The smallest absolute Gasteiger partial charge is 0.255 e. The number of nitrogen functional groups attached to an aromatic ring is 1. The molecule has 0 aromatic carbocycles. The molecule has 2 rings (SSSR count). The van der Waals surface area contributed by atoms with Crippen molar-refractivity contribution in [2.45, 2.75) is 19.4 Å². The van der Waals surface area contributed by atoms with E-state index in [1.54, 1.807) is 17.9 Å². The number of nitrogens with zero attached hydrogens (tertiary/aromatic N) is 2. The maximum absolute atomic E-state index is 12.3. The van der Waals surface area contributed by atoms with Gasteiger partial charge in [-0.15, -0.1) is 0 Å². The predicted molar refractivity (Wildman–Crippen MR) is 72.7 cm³/mol. The number of likely N-dealkylation sites (tertiary alicyclic amines) is 1. The van der Waals surface area contributed by atoms with Gasteiger partial charge in [0.25, 0.3) is 5.91 Å². The van der Waals surface area contributed by atoms with E-state index >= 15 is 0 Å². The minimum Gasteiger partial charge on any atom is -0.393 e. The third-order valence-corrected chi connectivity index (χ3v) is 3.71. The highest BCUT2D eigenvalue weighted by atomic mass is 35.5. The van der Waals surface area contributed by atoms with Crippen molar-refractivity contribution in [2.24, 2.45) is 11.8 Å². The molecule has 1 saturated heterocycles. The lowest BCUT2D eigenvalue weighted by Crippen LogP contribution is -2.30. The van der Waals surface area contributed by atoms with Gasteiger partial charge in [-0.25, -0.2) is 10.8 Å². The van der Waals surface area contributed by atoms with Crippen LogP contribution in [0, 0.1) is 5.92 Å². The van der Waals surface area contributed by atoms with Crippen molar-refractivity contribution in [1.82, 2.24) is 9.88 Å². The van der Waals surface area contributed by atoms with Crippen LogP contribution in [0.1, 0.15) is 23.7 Å². The number of hydrazine groups is 1. The van der Waals surface area contributed by atoms with E-state index in [0.717, 1.165) is 6.42 Å². The highest BCUT2D eigenvalue weighted by Crippen LogP contribution is 2.24. The fourth-order valence-corrected chi connectivity index (χ4v) is 2.43. The Hall–Kier alpha value is -1.37. The van der Waals surface area contributed by atoms with Crippen molar-refractivity contribution in [3.05, 3.63) is 22.8 Å². The van der Waals surface area contributed by atoms with Crippen LogP contribution >= 0.6 is 11.6 Å². The number of carbonyl (C=O) groups excluding carboxylic acids is 1. The summed E-state index contributed by atoms with van der Waals surface area (Å²) in [5.41, 5.74) is 2.78. The van der Waals surface area contributed by atoms with Gasteiger partial charge in [-0.05, 0) is 19.4 Å². The summed E-state index contributed by atoms with van der Waals surface area (Å²) in [6, 6.07) is 1.54. The van der Waals surface area contributed by atoms with Crippen LogP contribution < -0.4 is 11.3 Å². The maximum Gasteiger partial charge on any atom is 0.255 e. The highest BCUT2D eigenvalue weighted by Gasteiger charge is 2.29. The van der Waals surface area contributed by atoms with Crippen molar-refractivity contribution >= 4 is 23.3 Å². The molecule has 1 aliphatic heterocycles. The van der Waals surface area contributed by atoms with Gasteiger partial charge in [0.1, 0.15) is 0 Å². The monoisotopic (exact) mass is 284 g/mol. The van der Waals surface area contributed by atoms with Gasteiger partial charge in [0.15, 0.2) is 5.82 Å². The normalized spacial score (nSPS) is 20.4. The molecular weight excluding hydrogens is 268 g/mol. The predicted octanol–water partition coefficient (Wildman–Crippen LogP) is 0.864. The zero-order valence-electron chi connectivity index (χ0n) is 10.6. The summed E-state index contributed by atoms with van der Waals surface area (Å²) in [7, 11) is 0. The van der Waals surface area contributed by atoms with E-state index in [4.69, 9.17) is 17.4 Å². The first kappa shape index (κ1) is 14.0. The molecule has 0 spiro atoms. The topological polar surface area (TPSA) is 91.5 Å². The Morgan fingerprint density at radius 3 is 3.00 bits per heavy atom. The Morgan fingerprint density at radius 1 is 1.74 bits per heavy atom. The Bertz CT molecular complexity index is 481. The van der Waals surface area contributed by atoms with Gasteiger partial charge in [-0.3, -0.25) is 4.79 Å². The number of carbonyl (C=O) groups is 1. The summed E-state index contributed by atoms with van der Waals surface area (Å²) in [6.45, 7) is 2.95. The number of pyridine rings is 1. The van der Waals surface area contributed by atoms with E-state index < -0.39 is 6.10 Å². The number of aliphatic hydroxyl groups is 1. The zero-order chi connectivity index (χ0) is 14.0. The Balaban J connectivity index is 2.10. The molecule has 2 unspecified atom stereocenters. The van der Waals surface area contributed by atoms with Crippen molar-refractivity contribution in [1.29, 1.82) is 0 Å². The molecule has 1 fully saturated rings. The van der Waals surface area contributed by atoms with Crippen LogP contribution in [0.5, 0.6) is 0 Å². The van der Waals surface area contributed by atoms with Crippen LogP contribution in [-0.2, 0) is 0 Å². The van der Waals surface area contributed by atoms with Gasteiger partial charge < -0.3 is 15.4 Å². The van der Waals surface area contributed by atoms with Crippen LogP contribution in [0.4, 0.5) is 5.82 Å². The third kappa shape index (κ3) is 2.97. The molecule has 0 radical (unpaired) electrons. The summed E-state index contributed by atoms with van der Waals surface area (Å²) < 4.78 is 0. The molecule has 6 nitrogen and oxygen atoms in total. The number of hydrogen-bond acceptors (Lipinski definition) is 5. The number of hydrogen-bond donors (Lipinski definition) is 3. The summed E-state index contributed by atoms with van der Waals surface area (Å²) >= 11 is 5.94. The fourth-order valence-electron chi connectivity index (χ4n) is 2.21. The number of halogens is 1. The largest absolute Gasteiger partial charge is 0.393 e. The Labute approximate surface area is 116 Å². The first-order chi connectivity index (χ1) is 9.02. The van der Waals surface area contributed by atoms with E-state index in [1.165, 1.54) is 6.20 Å². The minimum atomic E-state index is -0.400. The molecule has 7 heteroatoms. The molecular formula is C12H17ClN4O2. The maximum atomic E-state index is 12.3. The molecule has 2 heterocycles. The SMILES string of the molecule is CC(O)C1CCN(C(=O)c2cnc(NN)c(Cl)c2)C1. The van der Waals surface area contributed by atoms with Gasteiger partial charge in [0.2, 0.25) is 0 Å². The number of aromatic nitrogens is 1. The third-order valence-electron chi connectivity index (χ3n) is 3.42. The van der Waals surface area contributed by atoms with E-state index in [2.05, 4.69) is 10.4 Å². The number of nitrogens with one attached hydrogen (secondary N) is 1. The lowest BCUT2D eigenvalue weighted by Gasteiger charge is -2.18. The molecule has 1 aromatic rings. The van der Waals surface area contributed by atoms with Crippen molar-refractivity contribution in [2.75, 3.05) is 18.5 Å². The van der Waals surface area contributed by atoms with E-state index in [9.17, 15) is 9.90 Å². The average molecular weight is 285 g/mol. The fraction of sp³-hybridized carbons (Fsp3) is 0.500. The van der Waals surface area contributed by atoms with E-state index in [1.807, 2.05) is 0 Å². The zero-order valence-corrected chi connectivity index (χ0v) is 11.4. The number of nitrogens with two attached hydrogens (primary N) is 1. The molecule has 1 aromatic heterocycles. The molecule has 19 heavy (non-hydrogen) atoms. The minimum absolute atomic E-state index is 0.124. The number of anilines is 1. The van der Waals surface area contributed by atoms with Gasteiger partial charge in [0, 0.05) is 25.2 Å². The highest BCUT2D eigenvalue weighted by molar-refractivity contribution is 6.33. The van der Waals surface area contributed by atoms with Crippen LogP contribution in [0.3, 0.4) is 0 Å². The van der Waals surface area contributed by atoms with Gasteiger partial charge in [0.05, 0.1) is 16.7 Å². The second-order valence-electron chi connectivity index (χ2n) is 4.74. The van der Waals surface area contributed by atoms with Crippen molar-refractivity contribution in [3.8, 4) is 0 Å². The quantitative estimate of drug-likeness (QED) is 0.566. The lowest BCUT2D eigenvalue weighted by atomic mass is 10.0. The first-order valence-corrected chi connectivity index (χ1v) is 6.50. The van der Waals surface area contributed by atoms with Crippen LogP contribution in [0.15, 0.2) is 12.3 Å². The number of amides is 1. The summed E-state index contributed by atoms with van der Waals surface area (Å²) in [5, 5.41) is 9.85. The van der Waals surface area contributed by atoms with Crippen LogP contribution in [-0.4, -0.2) is 40.1 Å². The molecule has 1 amide bonds. The first-order valence-electron chi connectivity index (χ1n) is 6.12. The Kier molecular flexibility index (Phi) is 4.24. The molecule has 2 atom stereocenters. The number of aliphatic hydroxyl groups excluding tert-OH is 1. The molecule has 0 saturated carbocycles. The van der Waals surface area contributed by atoms with Gasteiger partial charge in [-0.1, -0.05) is 11.6 Å². The summed E-state index contributed by atoms with van der Waals surface area (Å²) in [6.07, 6.45) is 1.86. The standard InChI is InChI=1S/C12H17ClN4O2/c1-7(18)8-2-3-17(6-8)12(19)9-4-10(13)11(16-14)15-5-9/h4-5,7-8,18H,2-3,6,14H2,1H3,(H,15,16). The number of rotatable bonds is 3. The van der Waals surface area contributed by atoms with Crippen LogP contribution in [0.25, 0.3) is 0 Å². The molecule has 0 aliphatic carbocycles. The van der Waals surface area contributed by atoms with E-state index in [0.29, 0.717) is 29.5 Å². The van der Waals surface area contributed by atoms with Gasteiger partial charge >= 0.3 is 0 Å². The summed E-state index contributed by atoms with van der Waals surface area (Å²) in [4.78, 5) is 17.9. The van der Waals surface area contributed by atoms with Crippen molar-refractivity contribution in [3.63, 3.8) is 0 Å². The summed E-state index contributed by atoms with van der Waals surface area (Å²) in [5.74, 6) is 5.58. The molecule has 104 valence electrons.